The number of nitro benzene ring substituents is 1. The van der Waals surface area contributed by atoms with Gasteiger partial charge >= 0.3 is 0 Å². The molecule has 2 aliphatic heterocycles. The molecule has 1 aromatic heterocycles. The Balaban J connectivity index is 1.73. The Labute approximate surface area is 184 Å². The summed E-state index contributed by atoms with van der Waals surface area (Å²) >= 11 is 0. The second-order valence-corrected chi connectivity index (χ2v) is 8.16. The summed E-state index contributed by atoms with van der Waals surface area (Å²) in [6.07, 6.45) is 1.55. The minimum Gasteiger partial charge on any atom is -0.324 e. The summed E-state index contributed by atoms with van der Waals surface area (Å²) in [5.74, 6) is -1.79. The van der Waals surface area contributed by atoms with Gasteiger partial charge in [-0.3, -0.25) is 29.6 Å². The van der Waals surface area contributed by atoms with Gasteiger partial charge in [-0.25, -0.2) is 0 Å². The van der Waals surface area contributed by atoms with Gasteiger partial charge in [0.05, 0.1) is 10.8 Å². The number of carbonyl (C=O) groups is 2. The lowest BCUT2D eigenvalue weighted by molar-refractivity contribution is -0.384. The number of nitro groups is 1. The predicted octanol–water partition coefficient (Wildman–Crippen LogP) is 3.37. The van der Waals surface area contributed by atoms with Crippen LogP contribution in [0.1, 0.15) is 27.5 Å². The van der Waals surface area contributed by atoms with Crippen LogP contribution < -0.4 is 5.32 Å². The average molecular weight is 428 g/mol. The van der Waals surface area contributed by atoms with Crippen LogP contribution in [0.25, 0.3) is 0 Å². The molecule has 5 rings (SSSR count). The molecule has 1 saturated heterocycles. The van der Waals surface area contributed by atoms with E-state index in [1.54, 1.807) is 36.5 Å². The van der Waals surface area contributed by atoms with Gasteiger partial charge in [-0.1, -0.05) is 36.4 Å². The molecule has 0 aliphatic carbocycles. The van der Waals surface area contributed by atoms with E-state index in [1.165, 1.54) is 12.1 Å². The third-order valence-corrected chi connectivity index (χ3v) is 6.57. The summed E-state index contributed by atoms with van der Waals surface area (Å²) in [4.78, 5) is 44.5. The summed E-state index contributed by atoms with van der Waals surface area (Å²) in [6.45, 7) is 0.381. The number of likely N-dealkylation sites (tertiary alicyclic amines) is 1. The first-order chi connectivity index (χ1) is 15.4. The van der Waals surface area contributed by atoms with Crippen molar-refractivity contribution in [3.05, 3.63) is 99.9 Å². The Morgan fingerprint density at radius 3 is 2.69 bits per heavy atom. The molecule has 2 aliphatic rings. The van der Waals surface area contributed by atoms with E-state index in [0.29, 0.717) is 17.8 Å². The van der Waals surface area contributed by atoms with Crippen molar-refractivity contribution in [3.63, 3.8) is 0 Å². The van der Waals surface area contributed by atoms with Crippen LogP contribution in [0.2, 0.25) is 0 Å². The number of para-hydroxylation sites is 1. The first kappa shape index (κ1) is 20.0. The van der Waals surface area contributed by atoms with Crippen LogP contribution in [0.4, 0.5) is 11.4 Å². The molecule has 8 heteroatoms. The van der Waals surface area contributed by atoms with Gasteiger partial charge in [-0.15, -0.1) is 0 Å². The van der Waals surface area contributed by atoms with E-state index in [1.807, 2.05) is 36.2 Å². The van der Waals surface area contributed by atoms with Crippen molar-refractivity contribution in [2.75, 3.05) is 18.9 Å². The highest BCUT2D eigenvalue weighted by atomic mass is 16.6. The molecule has 8 nitrogen and oxygen atoms in total. The average Bonchev–Trinajstić information content (AvgIpc) is 3.29. The third kappa shape index (κ3) is 2.76. The molecule has 0 unspecified atom stereocenters. The van der Waals surface area contributed by atoms with Gasteiger partial charge in [0.1, 0.15) is 11.2 Å². The highest BCUT2D eigenvalue weighted by Gasteiger charge is 2.64. The lowest BCUT2D eigenvalue weighted by Gasteiger charge is -2.35. The van der Waals surface area contributed by atoms with Crippen LogP contribution in [-0.2, 0) is 10.3 Å². The molecule has 3 heterocycles. The fraction of sp³-hybridized carbons (Fsp3) is 0.208. The first-order valence-electron chi connectivity index (χ1n) is 10.3. The zero-order chi connectivity index (χ0) is 22.5. The van der Waals surface area contributed by atoms with Gasteiger partial charge in [-0.2, -0.15) is 0 Å². The van der Waals surface area contributed by atoms with Gasteiger partial charge < -0.3 is 5.32 Å². The summed E-state index contributed by atoms with van der Waals surface area (Å²) < 4.78 is 0. The van der Waals surface area contributed by atoms with Gasteiger partial charge in [-0.05, 0) is 30.8 Å². The largest absolute Gasteiger partial charge is 0.324 e. The highest BCUT2D eigenvalue weighted by molar-refractivity contribution is 6.11. The van der Waals surface area contributed by atoms with Crippen molar-refractivity contribution in [2.24, 2.45) is 5.92 Å². The number of amides is 1. The molecular weight excluding hydrogens is 408 g/mol. The number of benzene rings is 2. The van der Waals surface area contributed by atoms with Gasteiger partial charge in [0.15, 0.2) is 5.78 Å². The summed E-state index contributed by atoms with van der Waals surface area (Å²) in [7, 11) is 1.82. The topological polar surface area (TPSA) is 105 Å². The zero-order valence-electron chi connectivity index (χ0n) is 17.3. The molecule has 3 atom stereocenters. The number of non-ortho nitro benzene ring substituents is 1. The number of nitrogens with zero attached hydrogens (tertiary/aromatic N) is 3. The first-order valence-corrected chi connectivity index (χ1v) is 10.3. The second kappa shape index (κ2) is 7.35. The van der Waals surface area contributed by atoms with Crippen LogP contribution in [0.15, 0.2) is 72.9 Å². The number of pyridine rings is 1. The highest BCUT2D eigenvalue weighted by Crippen LogP contribution is 2.55. The van der Waals surface area contributed by atoms with Crippen LogP contribution in [-0.4, -0.2) is 40.1 Å². The van der Waals surface area contributed by atoms with Gasteiger partial charge in [0.25, 0.3) is 5.69 Å². The lowest BCUT2D eigenvalue weighted by atomic mass is 9.71. The third-order valence-electron chi connectivity index (χ3n) is 6.57. The Morgan fingerprint density at radius 2 is 1.94 bits per heavy atom. The molecule has 1 amide bonds. The van der Waals surface area contributed by atoms with E-state index in [-0.39, 0.29) is 23.1 Å². The van der Waals surface area contributed by atoms with E-state index in [9.17, 15) is 19.7 Å². The summed E-state index contributed by atoms with van der Waals surface area (Å²) in [5.41, 5.74) is 1.03. The van der Waals surface area contributed by atoms with E-state index in [0.717, 1.165) is 5.56 Å². The van der Waals surface area contributed by atoms with E-state index in [4.69, 9.17) is 0 Å². The summed E-state index contributed by atoms with van der Waals surface area (Å²) in [6, 6.07) is 18.8. The Hall–Kier alpha value is -3.91. The number of Topliss-reactive ketones (excluding diaryl/α,β-unsaturated/α-hetero) is 1. The number of aromatic nitrogens is 1. The molecule has 0 radical (unpaired) electrons. The number of ketones is 1. The summed E-state index contributed by atoms with van der Waals surface area (Å²) in [5, 5.41) is 14.3. The molecule has 1 fully saturated rings. The SMILES string of the molecule is CN1C[C@H](c2cccc([N+](=O)[O-])c2)[C@H](C(=O)c2ccccn2)[C@@]12C(=O)Nc1ccccc12. The Bertz CT molecular complexity index is 1250. The number of rotatable bonds is 4. The molecule has 1 spiro atoms. The van der Waals surface area contributed by atoms with Crippen LogP contribution >= 0.6 is 0 Å². The molecule has 0 saturated carbocycles. The van der Waals surface area contributed by atoms with Crippen LogP contribution in [0.3, 0.4) is 0 Å². The van der Waals surface area contributed by atoms with Crippen molar-refractivity contribution in [1.82, 2.24) is 9.88 Å². The predicted molar refractivity (Wildman–Crippen MR) is 117 cm³/mol. The number of hydrogen-bond acceptors (Lipinski definition) is 6. The molecule has 3 aromatic rings. The van der Waals surface area contributed by atoms with Gasteiger partial charge in [0.2, 0.25) is 5.91 Å². The van der Waals surface area contributed by atoms with Crippen molar-refractivity contribution in [2.45, 2.75) is 11.5 Å². The van der Waals surface area contributed by atoms with Crippen molar-refractivity contribution < 1.29 is 14.5 Å². The van der Waals surface area contributed by atoms with Crippen LogP contribution in [0, 0.1) is 16.0 Å². The minimum absolute atomic E-state index is 0.0496. The zero-order valence-corrected chi connectivity index (χ0v) is 17.3. The Morgan fingerprint density at radius 1 is 1.16 bits per heavy atom. The van der Waals surface area contributed by atoms with Crippen molar-refractivity contribution >= 4 is 23.1 Å². The van der Waals surface area contributed by atoms with Crippen molar-refractivity contribution in [3.8, 4) is 0 Å². The van der Waals surface area contributed by atoms with Gasteiger partial charge in [0, 0.05) is 42.0 Å². The maximum atomic E-state index is 13.9. The molecule has 2 aromatic carbocycles. The number of anilines is 1. The molecule has 160 valence electrons. The molecular formula is C24H20N4O4. The maximum Gasteiger partial charge on any atom is 0.269 e. The number of nitrogens with one attached hydrogen (secondary N) is 1. The Kier molecular flexibility index (Phi) is 4.60. The quantitative estimate of drug-likeness (QED) is 0.388. The molecule has 0 bridgehead atoms. The fourth-order valence-corrected chi connectivity index (χ4v) is 5.23. The molecule has 32 heavy (non-hydrogen) atoms. The lowest BCUT2D eigenvalue weighted by Crippen LogP contribution is -2.51. The smallest absolute Gasteiger partial charge is 0.269 e. The second-order valence-electron chi connectivity index (χ2n) is 8.16. The standard InChI is InChI=1S/C24H20N4O4/c1-27-14-17(15-7-6-8-16(13-15)28(31)32)21(22(29)20-11-4-5-12-25-20)24(27)18-9-2-3-10-19(18)26-23(24)30/h2-13,17,21H,14H2,1H3,(H,26,30)/t17-,21-,24+/m1/s1. The van der Waals surface area contributed by atoms with E-state index >= 15 is 0 Å². The number of hydrogen-bond donors (Lipinski definition) is 1. The number of likely N-dealkylation sites (N-methyl/N-ethyl adjacent to an activating group) is 1. The minimum atomic E-state index is -1.24. The van der Waals surface area contributed by atoms with E-state index in [2.05, 4.69) is 10.3 Å². The number of carbonyl (C=O) groups excluding carboxylic acids is 2. The van der Waals surface area contributed by atoms with Crippen molar-refractivity contribution in [1.29, 1.82) is 0 Å². The fourth-order valence-electron chi connectivity index (χ4n) is 5.23. The molecule has 1 N–H and O–H groups in total. The maximum absolute atomic E-state index is 13.9. The number of fused-ring (bicyclic) bond motifs is 2. The normalized spacial score (nSPS) is 24.3. The monoisotopic (exact) mass is 428 g/mol. The van der Waals surface area contributed by atoms with Crippen LogP contribution in [0.5, 0.6) is 0 Å². The van der Waals surface area contributed by atoms with E-state index < -0.39 is 22.3 Å².